The maximum atomic E-state index is 13.3. The molecule has 5 rings (SSSR count). The zero-order chi connectivity index (χ0) is 38.7. The minimum Gasteiger partial charge on any atom is -0.465 e. The van der Waals surface area contributed by atoms with Crippen LogP contribution in [-0.2, 0) is 27.3 Å². The number of likely N-dealkylation sites (tertiary alicyclic amines) is 1. The molecule has 1 fully saturated rings. The van der Waals surface area contributed by atoms with Gasteiger partial charge in [0.15, 0.2) is 0 Å². The largest absolute Gasteiger partial charge is 0.465 e. The van der Waals surface area contributed by atoms with Crippen molar-refractivity contribution in [1.29, 1.82) is 0 Å². The summed E-state index contributed by atoms with van der Waals surface area (Å²) in [6.45, 7) is 8.75. The molecule has 1 N–H and O–H groups in total. The van der Waals surface area contributed by atoms with E-state index in [1.54, 1.807) is 53.2 Å². The van der Waals surface area contributed by atoms with Gasteiger partial charge in [0.25, 0.3) is 5.91 Å². The molecule has 4 aromatic carbocycles. The van der Waals surface area contributed by atoms with Gasteiger partial charge >= 0.3 is 18.2 Å². The standard InChI is InChI=1S/C43H50N4O7/c1-43(2,3)54-42(51)47(30-32-17-21-35(22-18-32)40(49)52-5)29-31-15-19-34(20-16-31)39(48)45(4)27-28-46-25-23-36(24-26-46)53-41(50)44-38-14-10-9-13-37(38)33-11-7-6-8-12-33/h6-22,36H,23-30H2,1-5H3,(H,44,50). The summed E-state index contributed by atoms with van der Waals surface area (Å²) in [7, 11) is 3.12. The van der Waals surface area contributed by atoms with Crippen LogP contribution in [0.25, 0.3) is 11.1 Å². The highest BCUT2D eigenvalue weighted by molar-refractivity contribution is 5.94. The summed E-state index contributed by atoms with van der Waals surface area (Å²) in [5.74, 6) is -0.525. The van der Waals surface area contributed by atoms with Crippen molar-refractivity contribution in [1.82, 2.24) is 14.7 Å². The number of esters is 1. The second-order valence-electron chi connectivity index (χ2n) is 14.4. The smallest absolute Gasteiger partial charge is 0.411 e. The Balaban J connectivity index is 1.08. The number of piperidine rings is 1. The number of hydrogen-bond donors (Lipinski definition) is 1. The van der Waals surface area contributed by atoms with Gasteiger partial charge in [-0.25, -0.2) is 14.4 Å². The van der Waals surface area contributed by atoms with Gasteiger partial charge in [-0.05, 0) is 80.6 Å². The van der Waals surface area contributed by atoms with Gasteiger partial charge in [0.1, 0.15) is 11.7 Å². The van der Waals surface area contributed by atoms with Crippen LogP contribution in [0.4, 0.5) is 15.3 Å². The van der Waals surface area contributed by atoms with Crippen molar-refractivity contribution in [2.45, 2.75) is 58.4 Å². The van der Waals surface area contributed by atoms with E-state index < -0.39 is 23.8 Å². The molecule has 0 atom stereocenters. The Bertz CT molecular complexity index is 1870. The van der Waals surface area contributed by atoms with Crippen molar-refractivity contribution < 1.29 is 33.4 Å². The minimum absolute atomic E-state index is 0.0954. The predicted molar refractivity (Wildman–Crippen MR) is 208 cm³/mol. The quantitative estimate of drug-likeness (QED) is 0.116. The lowest BCUT2D eigenvalue weighted by Crippen LogP contribution is -2.42. The number of ether oxygens (including phenoxy) is 3. The highest BCUT2D eigenvalue weighted by atomic mass is 16.6. The second-order valence-corrected chi connectivity index (χ2v) is 14.4. The zero-order valence-corrected chi connectivity index (χ0v) is 31.7. The first-order valence-corrected chi connectivity index (χ1v) is 18.2. The van der Waals surface area contributed by atoms with Gasteiger partial charge in [-0.2, -0.15) is 0 Å². The van der Waals surface area contributed by atoms with Crippen molar-refractivity contribution in [3.8, 4) is 11.1 Å². The Hall–Kier alpha value is -5.68. The molecule has 0 bridgehead atoms. The number of anilines is 1. The molecule has 0 radical (unpaired) electrons. The van der Waals surface area contributed by atoms with Crippen LogP contribution in [0.5, 0.6) is 0 Å². The van der Waals surface area contributed by atoms with E-state index in [0.29, 0.717) is 42.7 Å². The van der Waals surface area contributed by atoms with Gasteiger partial charge in [-0.15, -0.1) is 0 Å². The Kier molecular flexibility index (Phi) is 13.5. The normalized spacial score (nSPS) is 13.4. The van der Waals surface area contributed by atoms with E-state index in [1.807, 2.05) is 87.5 Å². The third-order valence-corrected chi connectivity index (χ3v) is 9.13. The minimum atomic E-state index is -0.679. The number of amides is 3. The summed E-state index contributed by atoms with van der Waals surface area (Å²) in [6, 6.07) is 31.7. The molecule has 11 nitrogen and oxygen atoms in total. The molecule has 3 amide bonds. The van der Waals surface area contributed by atoms with Crippen LogP contribution in [-0.4, -0.2) is 90.8 Å². The number of methoxy groups -OCH3 is 1. The molecule has 0 unspecified atom stereocenters. The van der Waals surface area contributed by atoms with Gasteiger partial charge in [0, 0.05) is 57.4 Å². The van der Waals surface area contributed by atoms with Gasteiger partial charge in [0.05, 0.1) is 18.4 Å². The molecule has 11 heteroatoms. The molecule has 1 heterocycles. The summed E-state index contributed by atoms with van der Waals surface area (Å²) in [6.07, 6.45) is 0.319. The van der Waals surface area contributed by atoms with Crippen molar-refractivity contribution in [2.75, 3.05) is 45.7 Å². The van der Waals surface area contributed by atoms with E-state index in [2.05, 4.69) is 10.2 Å². The number of nitrogens with zero attached hydrogens (tertiary/aromatic N) is 3. The predicted octanol–water partition coefficient (Wildman–Crippen LogP) is 7.86. The maximum absolute atomic E-state index is 13.3. The first-order chi connectivity index (χ1) is 25.9. The average molecular weight is 735 g/mol. The molecule has 4 aromatic rings. The van der Waals surface area contributed by atoms with Gasteiger partial charge < -0.3 is 24.0 Å². The molecule has 284 valence electrons. The van der Waals surface area contributed by atoms with Crippen molar-refractivity contribution in [3.05, 3.63) is 125 Å². The number of benzene rings is 4. The number of para-hydroxylation sites is 1. The molecule has 0 aliphatic carbocycles. The van der Waals surface area contributed by atoms with Crippen LogP contribution in [0.15, 0.2) is 103 Å². The van der Waals surface area contributed by atoms with Crippen LogP contribution < -0.4 is 5.32 Å². The van der Waals surface area contributed by atoms with Gasteiger partial charge in [0.2, 0.25) is 0 Å². The average Bonchev–Trinajstić information content (AvgIpc) is 3.17. The SMILES string of the molecule is COC(=O)c1ccc(CN(Cc2ccc(C(=O)N(C)CCN3CCC(OC(=O)Nc4ccccc4-c4ccccc4)CC3)cc2)C(=O)OC(C)(C)C)cc1. The molecule has 1 aliphatic heterocycles. The molecule has 1 aliphatic rings. The summed E-state index contributed by atoms with van der Waals surface area (Å²) in [5.41, 5.74) is 4.61. The van der Waals surface area contributed by atoms with Gasteiger partial charge in [-0.3, -0.25) is 15.0 Å². The molecule has 0 aromatic heterocycles. The Morgan fingerprint density at radius 2 is 1.35 bits per heavy atom. The lowest BCUT2D eigenvalue weighted by Gasteiger charge is -2.32. The Morgan fingerprint density at radius 3 is 1.94 bits per heavy atom. The maximum Gasteiger partial charge on any atom is 0.411 e. The topological polar surface area (TPSA) is 118 Å². The fraction of sp³-hybridized carbons (Fsp3) is 0.349. The van der Waals surface area contributed by atoms with Crippen LogP contribution in [0.1, 0.15) is 65.5 Å². The first-order valence-electron chi connectivity index (χ1n) is 18.2. The van der Waals surface area contributed by atoms with E-state index >= 15 is 0 Å². The van der Waals surface area contributed by atoms with Crippen LogP contribution >= 0.6 is 0 Å². The number of carbonyl (C=O) groups is 4. The summed E-state index contributed by atoms with van der Waals surface area (Å²) >= 11 is 0. The van der Waals surface area contributed by atoms with Crippen LogP contribution in [0, 0.1) is 0 Å². The van der Waals surface area contributed by atoms with Crippen LogP contribution in [0.3, 0.4) is 0 Å². The molecule has 54 heavy (non-hydrogen) atoms. The third kappa shape index (κ3) is 11.4. The van der Waals surface area contributed by atoms with E-state index in [0.717, 1.165) is 35.3 Å². The van der Waals surface area contributed by atoms with E-state index in [1.165, 1.54) is 7.11 Å². The van der Waals surface area contributed by atoms with E-state index in [9.17, 15) is 19.2 Å². The number of nitrogens with one attached hydrogen (secondary N) is 1. The molecule has 0 saturated carbocycles. The molecular formula is C43H50N4O7. The summed E-state index contributed by atoms with van der Waals surface area (Å²) < 4.78 is 16.2. The van der Waals surface area contributed by atoms with Crippen molar-refractivity contribution in [2.24, 2.45) is 0 Å². The fourth-order valence-electron chi connectivity index (χ4n) is 6.19. The molecular weight excluding hydrogens is 684 g/mol. The van der Waals surface area contributed by atoms with Crippen molar-refractivity contribution in [3.63, 3.8) is 0 Å². The van der Waals surface area contributed by atoms with E-state index in [4.69, 9.17) is 14.2 Å². The second kappa shape index (κ2) is 18.4. The lowest BCUT2D eigenvalue weighted by atomic mass is 10.0. The highest BCUT2D eigenvalue weighted by Gasteiger charge is 2.25. The fourth-order valence-corrected chi connectivity index (χ4v) is 6.19. The first kappa shape index (κ1) is 39.5. The Morgan fingerprint density at radius 1 is 0.778 bits per heavy atom. The number of carbonyl (C=O) groups excluding carboxylic acids is 4. The number of hydrogen-bond acceptors (Lipinski definition) is 8. The molecule has 0 spiro atoms. The summed E-state index contributed by atoms with van der Waals surface area (Å²) in [5, 5.41) is 2.92. The number of rotatable bonds is 12. The summed E-state index contributed by atoms with van der Waals surface area (Å²) in [4.78, 5) is 56.7. The van der Waals surface area contributed by atoms with Gasteiger partial charge in [-0.1, -0.05) is 72.8 Å². The molecule has 1 saturated heterocycles. The highest BCUT2D eigenvalue weighted by Crippen LogP contribution is 2.28. The van der Waals surface area contributed by atoms with Crippen molar-refractivity contribution >= 4 is 29.8 Å². The zero-order valence-electron chi connectivity index (χ0n) is 31.7. The van der Waals surface area contributed by atoms with Crippen LogP contribution in [0.2, 0.25) is 0 Å². The lowest BCUT2D eigenvalue weighted by molar-refractivity contribution is 0.0215. The number of likely N-dealkylation sites (N-methyl/N-ethyl adjacent to an activating group) is 1. The third-order valence-electron chi connectivity index (χ3n) is 9.13. The monoisotopic (exact) mass is 734 g/mol. The Labute approximate surface area is 317 Å². The van der Waals surface area contributed by atoms with E-state index in [-0.39, 0.29) is 25.1 Å².